The molecule has 0 atom stereocenters. The zero-order valence-corrected chi connectivity index (χ0v) is 6.39. The van der Waals surface area contributed by atoms with E-state index in [-0.39, 0.29) is 5.75 Å². The Bertz CT molecular complexity index is 217. The molecule has 1 rings (SSSR count). The Morgan fingerprint density at radius 2 is 2.00 bits per heavy atom. The second kappa shape index (κ2) is 2.18. The van der Waals surface area contributed by atoms with Crippen molar-refractivity contribution in [3.8, 4) is 0 Å². The molecule has 1 aliphatic rings. The van der Waals surface area contributed by atoms with E-state index in [0.29, 0.717) is 12.8 Å². The third kappa shape index (κ3) is 1.93. The lowest BCUT2D eigenvalue weighted by molar-refractivity contribution is 0.273. The van der Waals surface area contributed by atoms with Crippen molar-refractivity contribution in [3.63, 3.8) is 0 Å². The highest BCUT2D eigenvalue weighted by molar-refractivity contribution is 7.85. The van der Waals surface area contributed by atoms with E-state index >= 15 is 0 Å². The maximum Gasteiger partial charge on any atom is 0.266 e. The van der Waals surface area contributed by atoms with E-state index in [2.05, 4.69) is 0 Å². The van der Waals surface area contributed by atoms with Gasteiger partial charge in [0.2, 0.25) is 0 Å². The molecule has 60 valence electrons. The van der Waals surface area contributed by atoms with Gasteiger partial charge in [-0.3, -0.25) is 4.55 Å². The molecule has 0 aromatic rings. The minimum Gasteiger partial charge on any atom is -0.324 e. The van der Waals surface area contributed by atoms with Crippen LogP contribution in [-0.4, -0.2) is 24.3 Å². The fourth-order valence-corrected chi connectivity index (χ4v) is 2.15. The summed E-state index contributed by atoms with van der Waals surface area (Å²) in [6, 6.07) is 0. The van der Waals surface area contributed by atoms with Crippen LogP contribution in [0.3, 0.4) is 0 Å². The van der Waals surface area contributed by atoms with Crippen LogP contribution in [0.1, 0.15) is 19.3 Å². The first kappa shape index (κ1) is 7.97. The maximum absolute atomic E-state index is 10.3. The molecule has 0 bridgehead atoms. The highest BCUT2D eigenvalue weighted by atomic mass is 32.2. The highest BCUT2D eigenvalue weighted by Crippen LogP contribution is 2.29. The standard InChI is InChI=1S/C5H11NO3S/c6-5(2-1-3-5)4-10(7,8)9/h1-4,6H2,(H,7,8,9). The minimum atomic E-state index is -3.87. The van der Waals surface area contributed by atoms with Gasteiger partial charge in [-0.25, -0.2) is 0 Å². The van der Waals surface area contributed by atoms with Crippen molar-refractivity contribution in [1.29, 1.82) is 0 Å². The van der Waals surface area contributed by atoms with Crippen LogP contribution >= 0.6 is 0 Å². The predicted molar refractivity (Wildman–Crippen MR) is 37.2 cm³/mol. The second-order valence-corrected chi connectivity index (χ2v) is 4.39. The van der Waals surface area contributed by atoms with Gasteiger partial charge in [0.1, 0.15) is 0 Å². The summed E-state index contributed by atoms with van der Waals surface area (Å²) >= 11 is 0. The molecule has 4 nitrogen and oxygen atoms in total. The average molecular weight is 165 g/mol. The van der Waals surface area contributed by atoms with Crippen molar-refractivity contribution in [2.24, 2.45) is 5.73 Å². The van der Waals surface area contributed by atoms with Gasteiger partial charge >= 0.3 is 0 Å². The van der Waals surface area contributed by atoms with Gasteiger partial charge in [-0.2, -0.15) is 8.42 Å². The lowest BCUT2D eigenvalue weighted by Gasteiger charge is -2.36. The van der Waals surface area contributed by atoms with Gasteiger partial charge < -0.3 is 5.73 Å². The van der Waals surface area contributed by atoms with E-state index in [1.807, 2.05) is 0 Å². The molecule has 0 radical (unpaired) electrons. The Kier molecular flexibility index (Phi) is 1.74. The smallest absolute Gasteiger partial charge is 0.266 e. The number of rotatable bonds is 2. The molecule has 0 spiro atoms. The van der Waals surface area contributed by atoms with Gasteiger partial charge in [0.25, 0.3) is 10.1 Å². The van der Waals surface area contributed by atoms with Crippen molar-refractivity contribution < 1.29 is 13.0 Å². The minimum absolute atomic E-state index is 0.292. The third-order valence-electron chi connectivity index (χ3n) is 1.82. The molecule has 3 N–H and O–H groups in total. The summed E-state index contributed by atoms with van der Waals surface area (Å²) in [4.78, 5) is 0. The fourth-order valence-electron chi connectivity index (χ4n) is 1.14. The monoisotopic (exact) mass is 165 g/mol. The summed E-state index contributed by atoms with van der Waals surface area (Å²) in [6.45, 7) is 0. The third-order valence-corrected chi connectivity index (χ3v) is 2.76. The largest absolute Gasteiger partial charge is 0.324 e. The first-order valence-electron chi connectivity index (χ1n) is 3.15. The molecule has 0 heterocycles. The molecular formula is C5H11NO3S. The molecule has 0 aromatic heterocycles. The van der Waals surface area contributed by atoms with Gasteiger partial charge in [-0.1, -0.05) is 0 Å². The van der Waals surface area contributed by atoms with E-state index in [9.17, 15) is 8.42 Å². The maximum atomic E-state index is 10.3. The summed E-state index contributed by atoms with van der Waals surface area (Å²) in [5.74, 6) is -0.292. The first-order chi connectivity index (χ1) is 4.41. The summed E-state index contributed by atoms with van der Waals surface area (Å²) in [5.41, 5.74) is 4.92. The van der Waals surface area contributed by atoms with Gasteiger partial charge in [0, 0.05) is 5.54 Å². The van der Waals surface area contributed by atoms with E-state index < -0.39 is 15.7 Å². The van der Waals surface area contributed by atoms with Crippen molar-refractivity contribution >= 4 is 10.1 Å². The normalized spacial score (nSPS) is 23.8. The summed E-state index contributed by atoms with van der Waals surface area (Å²) in [6.07, 6.45) is 2.37. The summed E-state index contributed by atoms with van der Waals surface area (Å²) < 4.78 is 29.0. The van der Waals surface area contributed by atoms with E-state index in [0.717, 1.165) is 6.42 Å². The Labute approximate surface area is 60.2 Å². The van der Waals surface area contributed by atoms with Crippen LogP contribution in [0.5, 0.6) is 0 Å². The van der Waals surface area contributed by atoms with Crippen LogP contribution in [0.4, 0.5) is 0 Å². The molecule has 0 aliphatic heterocycles. The summed E-state index contributed by atoms with van der Waals surface area (Å²) in [7, 11) is -3.87. The van der Waals surface area contributed by atoms with Crippen LogP contribution < -0.4 is 5.73 Å². The average Bonchev–Trinajstić information content (AvgIpc) is 1.57. The van der Waals surface area contributed by atoms with Gasteiger partial charge in [0.05, 0.1) is 5.75 Å². The molecule has 5 heteroatoms. The molecule has 10 heavy (non-hydrogen) atoms. The Hall–Kier alpha value is -0.130. The van der Waals surface area contributed by atoms with Crippen LogP contribution in [0, 0.1) is 0 Å². The second-order valence-electron chi connectivity index (χ2n) is 2.94. The number of hydrogen-bond donors (Lipinski definition) is 2. The topological polar surface area (TPSA) is 80.4 Å². The van der Waals surface area contributed by atoms with Crippen LogP contribution in [0.25, 0.3) is 0 Å². The van der Waals surface area contributed by atoms with E-state index in [4.69, 9.17) is 10.3 Å². The molecule has 1 fully saturated rings. The Morgan fingerprint density at radius 3 is 2.10 bits per heavy atom. The van der Waals surface area contributed by atoms with Crippen molar-refractivity contribution in [2.75, 3.05) is 5.75 Å². The molecule has 0 amide bonds. The highest BCUT2D eigenvalue weighted by Gasteiger charge is 2.36. The number of nitrogens with two attached hydrogens (primary N) is 1. The number of hydrogen-bond acceptors (Lipinski definition) is 3. The molecule has 1 saturated carbocycles. The quantitative estimate of drug-likeness (QED) is 0.553. The van der Waals surface area contributed by atoms with Crippen LogP contribution in [0.15, 0.2) is 0 Å². The zero-order chi connectivity index (χ0) is 7.83. The SMILES string of the molecule is NC1(CS(=O)(=O)O)CCC1. The Balaban J connectivity index is 2.53. The Morgan fingerprint density at radius 1 is 1.50 bits per heavy atom. The van der Waals surface area contributed by atoms with E-state index in [1.54, 1.807) is 0 Å². The fraction of sp³-hybridized carbons (Fsp3) is 1.00. The zero-order valence-electron chi connectivity index (χ0n) is 5.58. The van der Waals surface area contributed by atoms with Crippen LogP contribution in [0.2, 0.25) is 0 Å². The molecule has 1 aliphatic carbocycles. The molecule has 0 aromatic carbocycles. The lowest BCUT2D eigenvalue weighted by Crippen LogP contribution is -2.51. The molecule has 0 saturated heterocycles. The van der Waals surface area contributed by atoms with E-state index in [1.165, 1.54) is 0 Å². The molecule has 0 unspecified atom stereocenters. The lowest BCUT2D eigenvalue weighted by atomic mass is 9.79. The predicted octanol–water partition coefficient (Wildman–Crippen LogP) is -0.244. The van der Waals surface area contributed by atoms with Crippen molar-refractivity contribution in [2.45, 2.75) is 24.8 Å². The van der Waals surface area contributed by atoms with Crippen LogP contribution in [-0.2, 0) is 10.1 Å². The first-order valence-corrected chi connectivity index (χ1v) is 4.76. The summed E-state index contributed by atoms with van der Waals surface area (Å²) in [5, 5.41) is 0. The van der Waals surface area contributed by atoms with Gasteiger partial charge in [-0.15, -0.1) is 0 Å². The van der Waals surface area contributed by atoms with Crippen molar-refractivity contribution in [1.82, 2.24) is 0 Å². The van der Waals surface area contributed by atoms with Gasteiger partial charge in [-0.05, 0) is 19.3 Å². The van der Waals surface area contributed by atoms with Crippen molar-refractivity contribution in [3.05, 3.63) is 0 Å². The molecular weight excluding hydrogens is 154 g/mol. The van der Waals surface area contributed by atoms with Gasteiger partial charge in [0.15, 0.2) is 0 Å².